The molecule has 5 nitrogen and oxygen atoms in total. The summed E-state index contributed by atoms with van der Waals surface area (Å²) < 4.78 is 0. The first-order valence-electron chi connectivity index (χ1n) is 5.84. The van der Waals surface area contributed by atoms with E-state index in [1.54, 1.807) is 11.1 Å². The first-order chi connectivity index (χ1) is 8.20. The van der Waals surface area contributed by atoms with Crippen LogP contribution in [0.3, 0.4) is 0 Å². The molecule has 1 fully saturated rings. The minimum absolute atomic E-state index is 0.146. The number of aromatic nitrogens is 1. The van der Waals surface area contributed by atoms with Crippen LogP contribution in [0.5, 0.6) is 0 Å². The van der Waals surface area contributed by atoms with Crippen molar-refractivity contribution < 1.29 is 4.79 Å². The second kappa shape index (κ2) is 5.14. The van der Waals surface area contributed by atoms with Gasteiger partial charge in [0, 0.05) is 32.9 Å². The van der Waals surface area contributed by atoms with E-state index in [1.807, 2.05) is 24.1 Å². The number of anilines is 1. The summed E-state index contributed by atoms with van der Waals surface area (Å²) in [5, 5.41) is 0. The zero-order chi connectivity index (χ0) is 12.3. The Kier molecular flexibility index (Phi) is 3.58. The molecule has 1 aliphatic rings. The fraction of sp³-hybridized carbons (Fsp3) is 0.500. The van der Waals surface area contributed by atoms with Crippen molar-refractivity contribution >= 4 is 11.7 Å². The number of nitrogens with two attached hydrogens (primary N) is 1. The van der Waals surface area contributed by atoms with E-state index in [4.69, 9.17) is 5.73 Å². The number of likely N-dealkylation sites (N-methyl/N-ethyl adjacent to an activating group) is 1. The Balaban J connectivity index is 2.12. The number of rotatable bonds is 2. The van der Waals surface area contributed by atoms with Crippen molar-refractivity contribution in [2.24, 2.45) is 5.73 Å². The molecule has 17 heavy (non-hydrogen) atoms. The predicted octanol–water partition coefficient (Wildman–Crippen LogP) is 0.209. The maximum Gasteiger partial charge on any atom is 0.241 e. The Hall–Kier alpha value is -1.62. The van der Waals surface area contributed by atoms with Crippen molar-refractivity contribution in [1.29, 1.82) is 0 Å². The average molecular weight is 234 g/mol. The highest BCUT2D eigenvalue weighted by atomic mass is 16.2. The van der Waals surface area contributed by atoms with Crippen LogP contribution in [0.4, 0.5) is 5.82 Å². The first-order valence-corrected chi connectivity index (χ1v) is 5.84. The maximum atomic E-state index is 11.8. The van der Waals surface area contributed by atoms with Gasteiger partial charge in [0.25, 0.3) is 0 Å². The van der Waals surface area contributed by atoms with Gasteiger partial charge in [0.05, 0.1) is 6.54 Å². The normalized spacial score (nSPS) is 17.2. The molecule has 1 aromatic heterocycles. The summed E-state index contributed by atoms with van der Waals surface area (Å²) in [6, 6.07) is 3.89. The summed E-state index contributed by atoms with van der Waals surface area (Å²) in [5.74, 6) is 0.998. The Bertz CT molecular complexity index is 390. The number of amides is 1. The second-order valence-corrected chi connectivity index (χ2v) is 4.32. The number of carbonyl (C=O) groups excluding carboxylic acids is 1. The van der Waals surface area contributed by atoms with Crippen LogP contribution >= 0.6 is 0 Å². The molecule has 0 radical (unpaired) electrons. The molecular formula is C12H18N4O. The minimum atomic E-state index is 0.146. The maximum absolute atomic E-state index is 11.8. The third-order valence-corrected chi connectivity index (χ3v) is 3.04. The van der Waals surface area contributed by atoms with Gasteiger partial charge in [-0.25, -0.2) is 4.98 Å². The molecular weight excluding hydrogens is 216 g/mol. The van der Waals surface area contributed by atoms with Gasteiger partial charge < -0.3 is 15.5 Å². The summed E-state index contributed by atoms with van der Waals surface area (Å²) in [6.07, 6.45) is 2.75. The van der Waals surface area contributed by atoms with Gasteiger partial charge in [-0.1, -0.05) is 6.07 Å². The molecule has 92 valence electrons. The predicted molar refractivity (Wildman–Crippen MR) is 66.6 cm³/mol. The third kappa shape index (κ3) is 2.74. The molecule has 2 N–H and O–H groups in total. The van der Waals surface area contributed by atoms with E-state index >= 15 is 0 Å². The summed E-state index contributed by atoms with van der Waals surface area (Å²) in [4.78, 5) is 19.9. The average Bonchev–Trinajstić information content (AvgIpc) is 2.52. The summed E-state index contributed by atoms with van der Waals surface area (Å²) in [7, 11) is 1.84. The van der Waals surface area contributed by atoms with Gasteiger partial charge in [-0.15, -0.1) is 0 Å². The molecule has 0 saturated carbocycles. The Morgan fingerprint density at radius 2 is 2.24 bits per heavy atom. The smallest absolute Gasteiger partial charge is 0.241 e. The largest absolute Gasteiger partial charge is 0.347 e. The monoisotopic (exact) mass is 234 g/mol. The Morgan fingerprint density at radius 3 is 2.88 bits per heavy atom. The molecule has 2 rings (SSSR count). The standard InChI is InChI=1S/C12H18N4O/c1-15-5-2-6-16(9-12(15)17)11-4-3-10(7-13)8-14-11/h3-4,8H,2,5-7,9,13H2,1H3. The quantitative estimate of drug-likeness (QED) is 0.794. The van der Waals surface area contributed by atoms with Crippen molar-refractivity contribution in [2.45, 2.75) is 13.0 Å². The van der Waals surface area contributed by atoms with Crippen LogP contribution in [0.1, 0.15) is 12.0 Å². The van der Waals surface area contributed by atoms with Crippen molar-refractivity contribution in [2.75, 3.05) is 31.6 Å². The molecule has 1 saturated heterocycles. The fourth-order valence-electron chi connectivity index (χ4n) is 1.91. The van der Waals surface area contributed by atoms with Crippen LogP contribution in [-0.2, 0) is 11.3 Å². The molecule has 2 heterocycles. The van der Waals surface area contributed by atoms with Crippen LogP contribution < -0.4 is 10.6 Å². The topological polar surface area (TPSA) is 62.5 Å². The highest BCUT2D eigenvalue weighted by Crippen LogP contribution is 2.14. The molecule has 0 unspecified atom stereocenters. The fourth-order valence-corrected chi connectivity index (χ4v) is 1.91. The molecule has 0 aromatic carbocycles. The number of hydrogen-bond donors (Lipinski definition) is 1. The van der Waals surface area contributed by atoms with Crippen LogP contribution in [0.2, 0.25) is 0 Å². The lowest BCUT2D eigenvalue weighted by atomic mass is 10.3. The van der Waals surface area contributed by atoms with E-state index < -0.39 is 0 Å². The van der Waals surface area contributed by atoms with Crippen molar-refractivity contribution in [1.82, 2.24) is 9.88 Å². The molecule has 0 atom stereocenters. The molecule has 0 spiro atoms. The van der Waals surface area contributed by atoms with E-state index in [0.29, 0.717) is 13.1 Å². The summed E-state index contributed by atoms with van der Waals surface area (Å²) >= 11 is 0. The van der Waals surface area contributed by atoms with E-state index in [9.17, 15) is 4.79 Å². The van der Waals surface area contributed by atoms with Crippen LogP contribution in [0, 0.1) is 0 Å². The number of carbonyl (C=O) groups is 1. The lowest BCUT2D eigenvalue weighted by Gasteiger charge is -2.20. The minimum Gasteiger partial charge on any atom is -0.347 e. The molecule has 0 aliphatic carbocycles. The molecule has 0 bridgehead atoms. The number of hydrogen-bond acceptors (Lipinski definition) is 4. The van der Waals surface area contributed by atoms with Crippen molar-refractivity contribution in [3.8, 4) is 0 Å². The van der Waals surface area contributed by atoms with E-state index in [1.165, 1.54) is 0 Å². The third-order valence-electron chi connectivity index (χ3n) is 3.04. The zero-order valence-corrected chi connectivity index (χ0v) is 10.1. The Morgan fingerprint density at radius 1 is 1.41 bits per heavy atom. The summed E-state index contributed by atoms with van der Waals surface area (Å²) in [6.45, 7) is 2.59. The van der Waals surface area contributed by atoms with Crippen LogP contribution in [0.15, 0.2) is 18.3 Å². The van der Waals surface area contributed by atoms with Gasteiger partial charge in [-0.3, -0.25) is 4.79 Å². The van der Waals surface area contributed by atoms with Crippen LogP contribution in [0.25, 0.3) is 0 Å². The number of nitrogens with zero attached hydrogens (tertiary/aromatic N) is 3. The zero-order valence-electron chi connectivity index (χ0n) is 10.1. The highest BCUT2D eigenvalue weighted by molar-refractivity contribution is 5.81. The van der Waals surface area contributed by atoms with E-state index in [-0.39, 0.29) is 5.91 Å². The number of pyridine rings is 1. The van der Waals surface area contributed by atoms with E-state index in [0.717, 1.165) is 30.9 Å². The molecule has 5 heteroatoms. The van der Waals surface area contributed by atoms with Gasteiger partial charge in [0.2, 0.25) is 5.91 Å². The van der Waals surface area contributed by atoms with E-state index in [2.05, 4.69) is 4.98 Å². The SMILES string of the molecule is CN1CCCN(c2ccc(CN)cn2)CC1=O. The Labute approximate surface area is 101 Å². The van der Waals surface area contributed by atoms with Crippen LogP contribution in [-0.4, -0.2) is 42.5 Å². The van der Waals surface area contributed by atoms with Gasteiger partial charge in [0.15, 0.2) is 0 Å². The van der Waals surface area contributed by atoms with Gasteiger partial charge >= 0.3 is 0 Å². The van der Waals surface area contributed by atoms with Crippen molar-refractivity contribution in [3.63, 3.8) is 0 Å². The first kappa shape index (κ1) is 11.9. The van der Waals surface area contributed by atoms with Gasteiger partial charge in [-0.2, -0.15) is 0 Å². The lowest BCUT2D eigenvalue weighted by molar-refractivity contribution is -0.127. The van der Waals surface area contributed by atoms with Gasteiger partial charge in [-0.05, 0) is 18.1 Å². The molecule has 1 aliphatic heterocycles. The summed E-state index contributed by atoms with van der Waals surface area (Å²) in [5.41, 5.74) is 6.54. The van der Waals surface area contributed by atoms with Gasteiger partial charge in [0.1, 0.15) is 5.82 Å². The molecule has 1 aromatic rings. The second-order valence-electron chi connectivity index (χ2n) is 4.32. The lowest BCUT2D eigenvalue weighted by Crippen LogP contribution is -2.34. The highest BCUT2D eigenvalue weighted by Gasteiger charge is 2.19. The molecule has 1 amide bonds. The van der Waals surface area contributed by atoms with Crippen molar-refractivity contribution in [3.05, 3.63) is 23.9 Å².